The van der Waals surface area contributed by atoms with Gasteiger partial charge in [-0.15, -0.1) is 0 Å². The van der Waals surface area contributed by atoms with Crippen molar-refractivity contribution < 1.29 is 27.9 Å². The molecular weight excluding hydrogens is 335 g/mol. The molecule has 4 nitrogen and oxygen atoms in total. The average Bonchev–Trinajstić information content (AvgIpc) is 2.45. The van der Waals surface area contributed by atoms with Crippen molar-refractivity contribution in [3.05, 3.63) is 34.3 Å². The van der Waals surface area contributed by atoms with Crippen LogP contribution >= 0.6 is 11.6 Å². The zero-order valence-electron chi connectivity index (χ0n) is 12.2. The van der Waals surface area contributed by atoms with E-state index in [1.54, 1.807) is 6.92 Å². The van der Waals surface area contributed by atoms with Gasteiger partial charge in [-0.2, -0.15) is 13.2 Å². The first-order valence-electron chi connectivity index (χ1n) is 7.01. The van der Waals surface area contributed by atoms with Crippen LogP contribution in [0, 0.1) is 5.92 Å². The van der Waals surface area contributed by atoms with Gasteiger partial charge in [0.25, 0.3) is 5.91 Å². The molecule has 8 heteroatoms. The summed E-state index contributed by atoms with van der Waals surface area (Å²) < 4.78 is 38.5. The molecule has 1 aliphatic heterocycles. The van der Waals surface area contributed by atoms with Crippen molar-refractivity contribution in [3.8, 4) is 0 Å². The van der Waals surface area contributed by atoms with Crippen molar-refractivity contribution in [2.75, 3.05) is 6.54 Å². The summed E-state index contributed by atoms with van der Waals surface area (Å²) >= 11 is 5.69. The average molecular weight is 350 g/mol. The van der Waals surface area contributed by atoms with Crippen LogP contribution in [0.25, 0.3) is 0 Å². The third-order valence-corrected chi connectivity index (χ3v) is 4.18. The highest BCUT2D eigenvalue weighted by molar-refractivity contribution is 6.31. The molecule has 1 amide bonds. The van der Waals surface area contributed by atoms with Crippen molar-refractivity contribution >= 4 is 23.5 Å². The molecule has 126 valence electrons. The first-order chi connectivity index (χ1) is 10.6. The van der Waals surface area contributed by atoms with E-state index in [2.05, 4.69) is 0 Å². The molecule has 0 spiro atoms. The summed E-state index contributed by atoms with van der Waals surface area (Å²) in [5.41, 5.74) is -1.20. The van der Waals surface area contributed by atoms with Crippen LogP contribution in [0.5, 0.6) is 0 Å². The highest BCUT2D eigenvalue weighted by Gasteiger charge is 2.35. The van der Waals surface area contributed by atoms with Crippen molar-refractivity contribution in [3.63, 3.8) is 0 Å². The minimum absolute atomic E-state index is 0.0246. The number of amides is 1. The number of carboxylic acid groups (broad SMARTS) is 1. The number of alkyl halides is 3. The SMILES string of the molecule is CC1CCC(C(=O)O)CN1C(=O)c1cc(Cl)cc(C(F)(F)F)c1. The molecule has 1 aromatic rings. The number of aliphatic carboxylic acids is 1. The molecule has 1 heterocycles. The number of piperidine rings is 1. The lowest BCUT2D eigenvalue weighted by molar-refractivity contribution is -0.143. The molecule has 1 aromatic carbocycles. The number of halogens is 4. The number of carbonyl (C=O) groups is 2. The number of likely N-dealkylation sites (tertiary alicyclic amines) is 1. The van der Waals surface area contributed by atoms with Crippen molar-refractivity contribution in [1.29, 1.82) is 0 Å². The maximum absolute atomic E-state index is 12.8. The number of carbonyl (C=O) groups excluding carboxylic acids is 1. The molecule has 2 unspecified atom stereocenters. The van der Waals surface area contributed by atoms with E-state index in [9.17, 15) is 22.8 Å². The Morgan fingerprint density at radius 2 is 1.91 bits per heavy atom. The van der Waals surface area contributed by atoms with Crippen LogP contribution in [0.15, 0.2) is 18.2 Å². The lowest BCUT2D eigenvalue weighted by Crippen LogP contribution is -2.47. The fourth-order valence-corrected chi connectivity index (χ4v) is 2.87. The molecule has 0 saturated carbocycles. The summed E-state index contributed by atoms with van der Waals surface area (Å²) in [6, 6.07) is 2.41. The van der Waals surface area contributed by atoms with Gasteiger partial charge in [0.2, 0.25) is 0 Å². The van der Waals surface area contributed by atoms with E-state index in [0.717, 1.165) is 18.2 Å². The lowest BCUT2D eigenvalue weighted by Gasteiger charge is -2.36. The van der Waals surface area contributed by atoms with E-state index in [4.69, 9.17) is 16.7 Å². The fourth-order valence-electron chi connectivity index (χ4n) is 2.63. The van der Waals surface area contributed by atoms with Crippen LogP contribution in [0.1, 0.15) is 35.7 Å². The van der Waals surface area contributed by atoms with Crippen LogP contribution in [-0.2, 0) is 11.0 Å². The molecule has 2 rings (SSSR count). The highest BCUT2D eigenvalue weighted by atomic mass is 35.5. The Morgan fingerprint density at radius 3 is 2.48 bits per heavy atom. The molecule has 0 aliphatic carbocycles. The van der Waals surface area contributed by atoms with E-state index in [-0.39, 0.29) is 23.2 Å². The first-order valence-corrected chi connectivity index (χ1v) is 7.39. The molecule has 1 fully saturated rings. The van der Waals surface area contributed by atoms with Gasteiger partial charge in [-0.05, 0) is 38.0 Å². The monoisotopic (exact) mass is 349 g/mol. The lowest BCUT2D eigenvalue weighted by atomic mass is 9.93. The zero-order chi connectivity index (χ0) is 17.4. The molecule has 0 bridgehead atoms. The van der Waals surface area contributed by atoms with Gasteiger partial charge in [0.15, 0.2) is 0 Å². The Balaban J connectivity index is 2.32. The van der Waals surface area contributed by atoms with Crippen LogP contribution in [-0.4, -0.2) is 34.5 Å². The Hall–Kier alpha value is -1.76. The molecule has 2 atom stereocenters. The third-order valence-electron chi connectivity index (χ3n) is 3.96. The second-order valence-corrected chi connectivity index (χ2v) is 6.08. The number of carboxylic acids is 1. The van der Waals surface area contributed by atoms with Gasteiger partial charge in [-0.1, -0.05) is 11.6 Å². The largest absolute Gasteiger partial charge is 0.481 e. The van der Waals surface area contributed by atoms with Gasteiger partial charge < -0.3 is 10.0 Å². The van der Waals surface area contributed by atoms with Gasteiger partial charge in [-0.3, -0.25) is 9.59 Å². The van der Waals surface area contributed by atoms with Crippen LogP contribution in [0.2, 0.25) is 5.02 Å². The minimum Gasteiger partial charge on any atom is -0.481 e. The molecule has 23 heavy (non-hydrogen) atoms. The van der Waals surface area contributed by atoms with E-state index >= 15 is 0 Å². The van der Waals surface area contributed by atoms with Crippen LogP contribution < -0.4 is 0 Å². The van der Waals surface area contributed by atoms with Gasteiger partial charge in [-0.25, -0.2) is 0 Å². The number of benzene rings is 1. The number of nitrogens with zero attached hydrogens (tertiary/aromatic N) is 1. The predicted molar refractivity (Wildman–Crippen MR) is 77.3 cm³/mol. The molecule has 1 saturated heterocycles. The second-order valence-electron chi connectivity index (χ2n) is 5.65. The van der Waals surface area contributed by atoms with Crippen molar-refractivity contribution in [1.82, 2.24) is 4.90 Å². The van der Waals surface area contributed by atoms with E-state index < -0.39 is 29.5 Å². The summed E-state index contributed by atoms with van der Waals surface area (Å²) in [5.74, 6) is -2.37. The molecule has 0 aromatic heterocycles. The van der Waals surface area contributed by atoms with Crippen molar-refractivity contribution in [2.45, 2.75) is 32.0 Å². The third kappa shape index (κ3) is 3.96. The smallest absolute Gasteiger partial charge is 0.416 e. The number of hydrogen-bond donors (Lipinski definition) is 1. The van der Waals surface area contributed by atoms with Crippen LogP contribution in [0.3, 0.4) is 0 Å². The number of rotatable bonds is 2. The molecule has 1 aliphatic rings. The maximum atomic E-state index is 12.8. The van der Waals surface area contributed by atoms with Gasteiger partial charge >= 0.3 is 12.1 Å². The molecular formula is C15H15ClF3NO3. The summed E-state index contributed by atoms with van der Waals surface area (Å²) in [5, 5.41) is 8.89. The fraction of sp³-hybridized carbons (Fsp3) is 0.467. The van der Waals surface area contributed by atoms with E-state index in [0.29, 0.717) is 12.8 Å². The Bertz CT molecular complexity index is 633. The van der Waals surface area contributed by atoms with E-state index in [1.165, 1.54) is 4.90 Å². The Kier molecular flexibility index (Phi) is 4.89. The van der Waals surface area contributed by atoms with Gasteiger partial charge in [0.1, 0.15) is 0 Å². The Morgan fingerprint density at radius 1 is 1.26 bits per heavy atom. The quantitative estimate of drug-likeness (QED) is 0.886. The topological polar surface area (TPSA) is 57.6 Å². The predicted octanol–water partition coefficient (Wildman–Crippen LogP) is 3.68. The van der Waals surface area contributed by atoms with Gasteiger partial charge in [0, 0.05) is 23.2 Å². The summed E-state index contributed by atoms with van der Waals surface area (Å²) in [7, 11) is 0. The first kappa shape index (κ1) is 17.6. The van der Waals surface area contributed by atoms with Crippen LogP contribution in [0.4, 0.5) is 13.2 Å². The summed E-state index contributed by atoms with van der Waals surface area (Å²) in [6.07, 6.45) is -3.70. The zero-order valence-corrected chi connectivity index (χ0v) is 13.0. The standard InChI is InChI=1S/C15H15ClF3NO3/c1-8-2-3-9(14(22)23)7-20(8)13(21)10-4-11(15(17,18)19)6-12(16)5-10/h4-6,8-9H,2-3,7H2,1H3,(H,22,23). The van der Waals surface area contributed by atoms with E-state index in [1.807, 2.05) is 0 Å². The molecule has 0 radical (unpaired) electrons. The number of hydrogen-bond acceptors (Lipinski definition) is 2. The highest BCUT2D eigenvalue weighted by Crippen LogP contribution is 2.33. The second kappa shape index (κ2) is 6.39. The normalized spacial score (nSPS) is 22.0. The summed E-state index contributed by atoms with van der Waals surface area (Å²) in [4.78, 5) is 24.9. The van der Waals surface area contributed by atoms with Gasteiger partial charge in [0.05, 0.1) is 11.5 Å². The minimum atomic E-state index is -4.61. The maximum Gasteiger partial charge on any atom is 0.416 e. The summed E-state index contributed by atoms with van der Waals surface area (Å²) in [6.45, 7) is 1.72. The molecule has 1 N–H and O–H groups in total. The van der Waals surface area contributed by atoms with Crippen molar-refractivity contribution in [2.24, 2.45) is 5.92 Å². The Labute approximate surface area is 135 Å².